The molecular formula is C22H32N4O3. The van der Waals surface area contributed by atoms with Gasteiger partial charge in [-0.3, -0.25) is 19.3 Å². The van der Waals surface area contributed by atoms with E-state index in [1.807, 2.05) is 23.7 Å². The van der Waals surface area contributed by atoms with Crippen LogP contribution < -0.4 is 5.56 Å². The van der Waals surface area contributed by atoms with Crippen LogP contribution in [0.4, 0.5) is 0 Å². The summed E-state index contributed by atoms with van der Waals surface area (Å²) in [6.45, 7) is 4.66. The molecule has 7 nitrogen and oxygen atoms in total. The number of Topliss-reactive ketones (excluding diaryl/α,β-unsaturated/α-hetero) is 1. The number of piperidine rings is 2. The first-order chi connectivity index (χ1) is 13.9. The highest BCUT2D eigenvalue weighted by Crippen LogP contribution is 2.34. The lowest BCUT2D eigenvalue weighted by molar-refractivity contribution is -0.137. The van der Waals surface area contributed by atoms with Gasteiger partial charge in [0.2, 0.25) is 5.91 Å². The molecule has 2 bridgehead atoms. The normalized spacial score (nSPS) is 25.4. The molecule has 0 spiro atoms. The summed E-state index contributed by atoms with van der Waals surface area (Å²) in [7, 11) is 3.94. The number of likely N-dealkylation sites (tertiary alicyclic amines) is 2. The van der Waals surface area contributed by atoms with E-state index in [9.17, 15) is 14.4 Å². The molecular weight excluding hydrogens is 368 g/mol. The Morgan fingerprint density at radius 3 is 2.66 bits per heavy atom. The van der Waals surface area contributed by atoms with Gasteiger partial charge >= 0.3 is 0 Å². The van der Waals surface area contributed by atoms with Crippen LogP contribution in [-0.2, 0) is 16.1 Å². The molecule has 29 heavy (non-hydrogen) atoms. The molecule has 3 aliphatic heterocycles. The number of ketones is 1. The lowest BCUT2D eigenvalue weighted by Gasteiger charge is -2.42. The topological polar surface area (TPSA) is 65.9 Å². The van der Waals surface area contributed by atoms with Gasteiger partial charge in [-0.1, -0.05) is 6.07 Å². The van der Waals surface area contributed by atoms with Crippen LogP contribution in [0.3, 0.4) is 0 Å². The van der Waals surface area contributed by atoms with Crippen LogP contribution >= 0.6 is 0 Å². The van der Waals surface area contributed by atoms with Crippen LogP contribution in [0.25, 0.3) is 0 Å². The Kier molecular flexibility index (Phi) is 5.88. The van der Waals surface area contributed by atoms with Crippen molar-refractivity contribution >= 4 is 11.7 Å². The van der Waals surface area contributed by atoms with Gasteiger partial charge in [0, 0.05) is 50.4 Å². The van der Waals surface area contributed by atoms with Crippen molar-refractivity contribution in [3.8, 4) is 0 Å². The molecule has 2 fully saturated rings. The van der Waals surface area contributed by atoms with Gasteiger partial charge in [-0.2, -0.15) is 0 Å². The molecule has 0 radical (unpaired) electrons. The number of fused-ring (bicyclic) bond motifs is 4. The fourth-order valence-corrected chi connectivity index (χ4v) is 5.31. The van der Waals surface area contributed by atoms with Crippen molar-refractivity contribution in [2.75, 3.05) is 46.8 Å². The Morgan fingerprint density at radius 1 is 1.14 bits per heavy atom. The summed E-state index contributed by atoms with van der Waals surface area (Å²) in [4.78, 5) is 43.6. The van der Waals surface area contributed by atoms with Crippen LogP contribution in [0.2, 0.25) is 0 Å². The summed E-state index contributed by atoms with van der Waals surface area (Å²) in [5, 5.41) is 0. The zero-order valence-corrected chi connectivity index (χ0v) is 17.5. The molecule has 4 heterocycles. The van der Waals surface area contributed by atoms with Gasteiger partial charge in [0.15, 0.2) is 5.78 Å². The van der Waals surface area contributed by atoms with Crippen molar-refractivity contribution < 1.29 is 9.59 Å². The Morgan fingerprint density at radius 2 is 1.90 bits per heavy atom. The molecule has 2 saturated heterocycles. The zero-order valence-electron chi connectivity index (χ0n) is 17.5. The predicted molar refractivity (Wildman–Crippen MR) is 111 cm³/mol. The summed E-state index contributed by atoms with van der Waals surface area (Å²) in [6, 6.07) is 5.73. The van der Waals surface area contributed by atoms with Gasteiger partial charge in [-0.05, 0) is 51.4 Å². The standard InChI is InChI=1S/C22H32N4O3/c1-23-8-6-18(7-9-23)24(2)22(29)11-19(27)15-25-12-16-10-17(14-25)20-4-3-5-21(28)26(20)13-16/h3-5,16-18H,6-15H2,1-2H3. The first kappa shape index (κ1) is 20.3. The Hall–Kier alpha value is -1.99. The largest absolute Gasteiger partial charge is 0.342 e. The average Bonchev–Trinajstić information content (AvgIpc) is 2.68. The predicted octanol–water partition coefficient (Wildman–Crippen LogP) is 0.779. The van der Waals surface area contributed by atoms with Crippen molar-refractivity contribution in [2.24, 2.45) is 5.92 Å². The third kappa shape index (κ3) is 4.46. The molecule has 158 valence electrons. The average molecular weight is 401 g/mol. The number of carbonyl (C=O) groups is 2. The van der Waals surface area contributed by atoms with Gasteiger partial charge in [-0.25, -0.2) is 0 Å². The molecule has 4 rings (SSSR count). The fraction of sp³-hybridized carbons (Fsp3) is 0.682. The minimum atomic E-state index is -0.0568. The number of pyridine rings is 1. The van der Waals surface area contributed by atoms with E-state index in [4.69, 9.17) is 0 Å². The third-order valence-electron chi connectivity index (χ3n) is 6.93. The molecule has 1 aromatic rings. The maximum Gasteiger partial charge on any atom is 0.250 e. The number of nitrogens with zero attached hydrogens (tertiary/aromatic N) is 4. The van der Waals surface area contributed by atoms with E-state index in [1.165, 1.54) is 0 Å². The second kappa shape index (κ2) is 8.40. The lowest BCUT2D eigenvalue weighted by atomic mass is 9.83. The highest BCUT2D eigenvalue weighted by atomic mass is 16.2. The van der Waals surface area contributed by atoms with E-state index in [0.717, 1.165) is 57.7 Å². The summed E-state index contributed by atoms with van der Waals surface area (Å²) in [6.07, 6.45) is 3.01. The maximum absolute atomic E-state index is 12.6. The van der Waals surface area contributed by atoms with E-state index < -0.39 is 0 Å². The number of aromatic nitrogens is 1. The Bertz CT molecular complexity index is 828. The third-order valence-corrected chi connectivity index (χ3v) is 6.93. The number of hydrogen-bond donors (Lipinski definition) is 0. The summed E-state index contributed by atoms with van der Waals surface area (Å²) < 4.78 is 1.90. The highest BCUT2D eigenvalue weighted by molar-refractivity contribution is 5.99. The second-order valence-electron chi connectivity index (χ2n) is 9.15. The number of amides is 1. The lowest BCUT2D eigenvalue weighted by Crippen LogP contribution is -2.49. The van der Waals surface area contributed by atoms with Gasteiger partial charge in [-0.15, -0.1) is 0 Å². The summed E-state index contributed by atoms with van der Waals surface area (Å²) in [5.74, 6) is 0.632. The SMILES string of the molecule is CN1CCC(N(C)C(=O)CC(=O)CN2CC3CC(C2)c2cccc(=O)n2C3)CC1. The van der Waals surface area contributed by atoms with Crippen LogP contribution in [0.5, 0.6) is 0 Å². The first-order valence-electron chi connectivity index (χ1n) is 10.8. The number of rotatable bonds is 5. The van der Waals surface area contributed by atoms with Crippen molar-refractivity contribution in [1.82, 2.24) is 19.3 Å². The molecule has 7 heteroatoms. The number of hydrogen-bond acceptors (Lipinski definition) is 5. The Labute approximate surface area is 172 Å². The van der Waals surface area contributed by atoms with E-state index >= 15 is 0 Å². The van der Waals surface area contributed by atoms with E-state index in [1.54, 1.807) is 11.0 Å². The second-order valence-corrected chi connectivity index (χ2v) is 9.15. The van der Waals surface area contributed by atoms with Crippen molar-refractivity contribution in [2.45, 2.75) is 44.2 Å². The van der Waals surface area contributed by atoms with Crippen molar-refractivity contribution in [3.63, 3.8) is 0 Å². The molecule has 0 N–H and O–H groups in total. The van der Waals surface area contributed by atoms with Gasteiger partial charge in [0.25, 0.3) is 5.56 Å². The minimum absolute atomic E-state index is 0.000188. The van der Waals surface area contributed by atoms with Crippen LogP contribution in [-0.4, -0.2) is 83.8 Å². The van der Waals surface area contributed by atoms with E-state index in [-0.39, 0.29) is 29.7 Å². The molecule has 0 aromatic carbocycles. The molecule has 0 aliphatic carbocycles. The van der Waals surface area contributed by atoms with Crippen molar-refractivity contribution in [3.05, 3.63) is 34.2 Å². The van der Waals surface area contributed by atoms with Crippen molar-refractivity contribution in [1.29, 1.82) is 0 Å². The Balaban J connectivity index is 1.31. The van der Waals surface area contributed by atoms with E-state index in [0.29, 0.717) is 18.4 Å². The fourth-order valence-electron chi connectivity index (χ4n) is 5.31. The molecule has 3 aliphatic rings. The maximum atomic E-state index is 12.6. The highest BCUT2D eigenvalue weighted by Gasteiger charge is 2.35. The van der Waals surface area contributed by atoms with E-state index in [2.05, 4.69) is 16.8 Å². The van der Waals surface area contributed by atoms with Gasteiger partial charge in [0.1, 0.15) is 0 Å². The monoisotopic (exact) mass is 400 g/mol. The molecule has 1 aromatic heterocycles. The molecule has 2 unspecified atom stereocenters. The number of carbonyl (C=O) groups excluding carboxylic acids is 2. The zero-order chi connectivity index (χ0) is 20.5. The minimum Gasteiger partial charge on any atom is -0.342 e. The van der Waals surface area contributed by atoms with Crippen LogP contribution in [0, 0.1) is 5.92 Å². The van der Waals surface area contributed by atoms with Crippen LogP contribution in [0.15, 0.2) is 23.0 Å². The van der Waals surface area contributed by atoms with Gasteiger partial charge < -0.3 is 14.4 Å². The van der Waals surface area contributed by atoms with Gasteiger partial charge in [0.05, 0.1) is 13.0 Å². The quantitative estimate of drug-likeness (QED) is 0.684. The molecule has 1 amide bonds. The first-order valence-corrected chi connectivity index (χ1v) is 10.8. The summed E-state index contributed by atoms with van der Waals surface area (Å²) in [5.41, 5.74) is 1.16. The molecule has 2 atom stereocenters. The van der Waals surface area contributed by atoms with Crippen LogP contribution in [0.1, 0.15) is 37.3 Å². The molecule has 0 saturated carbocycles. The smallest absolute Gasteiger partial charge is 0.250 e. The summed E-state index contributed by atoms with van der Waals surface area (Å²) >= 11 is 0.